The Kier molecular flexibility index (Phi) is 5.03. The smallest absolute Gasteiger partial charge is 0.223 e. The molecule has 0 radical (unpaired) electrons. The number of amides is 1. The van der Waals surface area contributed by atoms with Crippen molar-refractivity contribution < 1.29 is 22.7 Å². The van der Waals surface area contributed by atoms with Crippen LogP contribution in [-0.2, 0) is 14.6 Å². The van der Waals surface area contributed by atoms with Crippen molar-refractivity contribution in [2.45, 2.75) is 55.1 Å². The second-order valence-electron chi connectivity index (χ2n) is 7.64. The highest BCUT2D eigenvalue weighted by molar-refractivity contribution is 7.91. The first-order chi connectivity index (χ1) is 12.9. The molecular formula is C19H26N2O5S. The van der Waals surface area contributed by atoms with Crippen molar-refractivity contribution >= 4 is 15.7 Å². The van der Waals surface area contributed by atoms with E-state index in [1.54, 1.807) is 18.0 Å². The highest BCUT2D eigenvalue weighted by Gasteiger charge is 2.36. The number of fused-ring (bicyclic) bond motifs is 3. The van der Waals surface area contributed by atoms with Crippen molar-refractivity contribution in [2.24, 2.45) is 0 Å². The number of carbonyl (C=O) groups excluding carboxylic acids is 1. The van der Waals surface area contributed by atoms with E-state index < -0.39 is 9.84 Å². The summed E-state index contributed by atoms with van der Waals surface area (Å²) in [5, 5.41) is 3.56. The molecule has 1 aromatic carbocycles. The van der Waals surface area contributed by atoms with Gasteiger partial charge in [-0.2, -0.15) is 0 Å². The van der Waals surface area contributed by atoms with Crippen molar-refractivity contribution in [2.75, 3.05) is 26.0 Å². The Balaban J connectivity index is 1.37. The monoisotopic (exact) mass is 394 g/mol. The zero-order valence-corrected chi connectivity index (χ0v) is 16.3. The van der Waals surface area contributed by atoms with Crippen molar-refractivity contribution in [3.05, 3.63) is 18.2 Å². The van der Waals surface area contributed by atoms with Gasteiger partial charge in [0, 0.05) is 37.7 Å². The standard InChI is InChI=1S/C19H26N2O5S/c1-21(15-10-13-2-3-14(11-15)20-13)19(22)6-9-27(23,24)16-4-5-17-18(12-16)26-8-7-25-17/h4-5,12-15,20H,2-3,6-11H2,1H3. The van der Waals surface area contributed by atoms with Crippen molar-refractivity contribution in [1.82, 2.24) is 10.2 Å². The zero-order chi connectivity index (χ0) is 19.0. The Hall–Kier alpha value is -1.80. The molecule has 0 spiro atoms. The van der Waals surface area contributed by atoms with Crippen molar-refractivity contribution in [3.8, 4) is 11.5 Å². The second kappa shape index (κ2) is 7.31. The molecular weight excluding hydrogens is 368 g/mol. The fraction of sp³-hybridized carbons (Fsp3) is 0.632. The number of piperidine rings is 1. The molecule has 3 heterocycles. The van der Waals surface area contributed by atoms with Gasteiger partial charge < -0.3 is 19.7 Å². The average molecular weight is 394 g/mol. The number of nitrogens with one attached hydrogen (secondary N) is 1. The summed E-state index contributed by atoms with van der Waals surface area (Å²) in [4.78, 5) is 14.5. The van der Waals surface area contributed by atoms with Gasteiger partial charge in [-0.05, 0) is 37.8 Å². The summed E-state index contributed by atoms with van der Waals surface area (Å²) in [7, 11) is -1.76. The number of carbonyl (C=O) groups is 1. The van der Waals surface area contributed by atoms with E-state index in [2.05, 4.69) is 5.32 Å². The van der Waals surface area contributed by atoms with Crippen LogP contribution in [0.3, 0.4) is 0 Å². The lowest BCUT2D eigenvalue weighted by molar-refractivity contribution is -0.132. The molecule has 2 atom stereocenters. The molecule has 0 aliphatic carbocycles. The zero-order valence-electron chi connectivity index (χ0n) is 15.5. The van der Waals surface area contributed by atoms with E-state index in [-0.39, 0.29) is 29.0 Å². The third kappa shape index (κ3) is 3.91. The number of benzene rings is 1. The van der Waals surface area contributed by atoms with Crippen LogP contribution in [0.1, 0.15) is 32.1 Å². The summed E-state index contributed by atoms with van der Waals surface area (Å²) >= 11 is 0. The molecule has 3 aliphatic heterocycles. The number of rotatable bonds is 5. The maximum atomic E-state index is 12.7. The van der Waals surface area contributed by atoms with Crippen LogP contribution in [0.5, 0.6) is 11.5 Å². The first-order valence-electron chi connectivity index (χ1n) is 9.56. The number of hydrogen-bond donors (Lipinski definition) is 1. The summed E-state index contributed by atoms with van der Waals surface area (Å²) in [6.45, 7) is 0.857. The average Bonchev–Trinajstić information content (AvgIpc) is 3.02. The Morgan fingerprint density at radius 3 is 2.52 bits per heavy atom. The van der Waals surface area contributed by atoms with Gasteiger partial charge in [-0.3, -0.25) is 4.79 Å². The molecule has 2 unspecified atom stereocenters. The predicted molar refractivity (Wildman–Crippen MR) is 99.8 cm³/mol. The normalized spacial score (nSPS) is 26.6. The van der Waals surface area contributed by atoms with Crippen LogP contribution in [0.2, 0.25) is 0 Å². The lowest BCUT2D eigenvalue weighted by Crippen LogP contribution is -2.48. The summed E-state index contributed by atoms with van der Waals surface area (Å²) in [5.41, 5.74) is 0. The third-order valence-corrected chi connectivity index (χ3v) is 7.56. The van der Waals surface area contributed by atoms with Crippen LogP contribution < -0.4 is 14.8 Å². The van der Waals surface area contributed by atoms with E-state index in [0.717, 1.165) is 12.8 Å². The first kappa shape index (κ1) is 18.6. The van der Waals surface area contributed by atoms with Crippen LogP contribution in [-0.4, -0.2) is 63.4 Å². The molecule has 148 valence electrons. The fourth-order valence-electron chi connectivity index (χ4n) is 4.28. The molecule has 7 nitrogen and oxygen atoms in total. The molecule has 1 N–H and O–H groups in total. The Morgan fingerprint density at radius 1 is 1.15 bits per heavy atom. The highest BCUT2D eigenvalue weighted by Crippen LogP contribution is 2.33. The topological polar surface area (TPSA) is 84.9 Å². The molecule has 0 saturated carbocycles. The van der Waals surface area contributed by atoms with Gasteiger partial charge >= 0.3 is 0 Å². The molecule has 8 heteroatoms. The molecule has 2 fully saturated rings. The van der Waals surface area contributed by atoms with Gasteiger partial charge in [0.2, 0.25) is 5.91 Å². The summed E-state index contributed by atoms with van der Waals surface area (Å²) in [6.07, 6.45) is 4.23. The van der Waals surface area contributed by atoms with E-state index in [0.29, 0.717) is 36.8 Å². The van der Waals surface area contributed by atoms with Crippen LogP contribution in [0, 0.1) is 0 Å². The van der Waals surface area contributed by atoms with Gasteiger partial charge in [0.25, 0.3) is 0 Å². The van der Waals surface area contributed by atoms with Crippen LogP contribution in [0.4, 0.5) is 0 Å². The van der Waals surface area contributed by atoms with Crippen molar-refractivity contribution in [3.63, 3.8) is 0 Å². The van der Waals surface area contributed by atoms with Crippen LogP contribution in [0.15, 0.2) is 23.1 Å². The number of nitrogens with zero attached hydrogens (tertiary/aromatic N) is 1. The van der Waals surface area contributed by atoms with Crippen LogP contribution >= 0.6 is 0 Å². The SMILES string of the molecule is CN(C(=O)CCS(=O)(=O)c1ccc2c(c1)OCCO2)C1CC2CCC(C1)N2. The van der Waals surface area contributed by atoms with Gasteiger partial charge in [-0.15, -0.1) is 0 Å². The fourth-order valence-corrected chi connectivity index (χ4v) is 5.52. The van der Waals surface area contributed by atoms with Gasteiger partial charge in [-0.25, -0.2) is 8.42 Å². The Labute approximate surface area is 159 Å². The van der Waals surface area contributed by atoms with Crippen molar-refractivity contribution in [1.29, 1.82) is 0 Å². The van der Waals surface area contributed by atoms with E-state index in [1.807, 2.05) is 0 Å². The van der Waals surface area contributed by atoms with E-state index in [1.165, 1.54) is 25.0 Å². The largest absolute Gasteiger partial charge is 0.486 e. The van der Waals surface area contributed by atoms with E-state index >= 15 is 0 Å². The third-order valence-electron chi connectivity index (χ3n) is 5.85. The van der Waals surface area contributed by atoms with Gasteiger partial charge in [0.1, 0.15) is 13.2 Å². The van der Waals surface area contributed by atoms with Gasteiger partial charge in [0.05, 0.1) is 10.6 Å². The maximum absolute atomic E-state index is 12.7. The van der Waals surface area contributed by atoms with E-state index in [4.69, 9.17) is 9.47 Å². The lowest BCUT2D eigenvalue weighted by atomic mass is 9.98. The molecule has 1 amide bonds. The number of sulfone groups is 1. The minimum atomic E-state index is -3.56. The second-order valence-corrected chi connectivity index (χ2v) is 9.75. The lowest BCUT2D eigenvalue weighted by Gasteiger charge is -2.35. The molecule has 27 heavy (non-hydrogen) atoms. The molecule has 2 saturated heterocycles. The minimum absolute atomic E-state index is 0.00740. The Morgan fingerprint density at radius 2 is 1.81 bits per heavy atom. The summed E-state index contributed by atoms with van der Waals surface area (Å²) in [5.74, 6) is 0.683. The Bertz CT molecular complexity index is 813. The van der Waals surface area contributed by atoms with Gasteiger partial charge in [0.15, 0.2) is 21.3 Å². The highest BCUT2D eigenvalue weighted by atomic mass is 32.2. The maximum Gasteiger partial charge on any atom is 0.223 e. The van der Waals surface area contributed by atoms with Crippen LogP contribution in [0.25, 0.3) is 0 Å². The molecule has 0 aromatic heterocycles. The quantitative estimate of drug-likeness (QED) is 0.812. The van der Waals surface area contributed by atoms with E-state index in [9.17, 15) is 13.2 Å². The number of hydrogen-bond acceptors (Lipinski definition) is 6. The van der Waals surface area contributed by atoms with Gasteiger partial charge in [-0.1, -0.05) is 0 Å². The summed E-state index contributed by atoms with van der Waals surface area (Å²) < 4.78 is 36.2. The first-order valence-corrected chi connectivity index (χ1v) is 11.2. The predicted octanol–water partition coefficient (Wildman–Crippen LogP) is 1.36. The molecule has 4 rings (SSSR count). The molecule has 1 aromatic rings. The molecule has 2 bridgehead atoms. The molecule has 3 aliphatic rings. The number of ether oxygens (including phenoxy) is 2. The minimum Gasteiger partial charge on any atom is -0.486 e. The summed E-state index contributed by atoms with van der Waals surface area (Å²) in [6, 6.07) is 5.80.